The number of nitrogens with zero attached hydrogens (tertiary/aromatic N) is 3. The van der Waals surface area contributed by atoms with Crippen molar-refractivity contribution in [3.8, 4) is 0 Å². The predicted octanol–water partition coefficient (Wildman–Crippen LogP) is 16.0. The zero-order valence-corrected chi connectivity index (χ0v) is 44.7. The van der Waals surface area contributed by atoms with Crippen molar-refractivity contribution in [1.29, 1.82) is 0 Å². The Balaban J connectivity index is 1.34. The summed E-state index contributed by atoms with van der Waals surface area (Å²) in [6.45, 7) is 40.5. The van der Waals surface area contributed by atoms with Crippen molar-refractivity contribution in [3.05, 3.63) is 149 Å². The first-order valence-electron chi connectivity index (χ1n) is 25.8. The van der Waals surface area contributed by atoms with Gasteiger partial charge in [0, 0.05) is 45.2 Å². The lowest BCUT2D eigenvalue weighted by Gasteiger charge is -2.53. The van der Waals surface area contributed by atoms with E-state index in [4.69, 9.17) is 0 Å². The van der Waals surface area contributed by atoms with Crippen molar-refractivity contribution in [3.63, 3.8) is 0 Å². The van der Waals surface area contributed by atoms with Crippen LogP contribution >= 0.6 is 0 Å². The number of anilines is 8. The van der Waals surface area contributed by atoms with Crippen LogP contribution in [0.5, 0.6) is 0 Å². The second-order valence-electron chi connectivity index (χ2n) is 26.8. The molecule has 6 aromatic carbocycles. The van der Waals surface area contributed by atoms with E-state index >= 15 is 0 Å². The topological polar surface area (TPSA) is 9.72 Å². The van der Waals surface area contributed by atoms with Crippen LogP contribution in [0.25, 0.3) is 0 Å². The molecule has 68 heavy (non-hydrogen) atoms. The zero-order chi connectivity index (χ0) is 48.9. The third-order valence-corrected chi connectivity index (χ3v) is 17.0. The lowest BCUT2D eigenvalue weighted by molar-refractivity contribution is 0.195. The molecule has 6 aromatic rings. The highest BCUT2D eigenvalue weighted by Crippen LogP contribution is 2.63. The van der Waals surface area contributed by atoms with Crippen LogP contribution in [0, 0.1) is 0 Å². The van der Waals surface area contributed by atoms with Gasteiger partial charge < -0.3 is 14.7 Å². The van der Waals surface area contributed by atoms with Crippen LogP contribution in [-0.2, 0) is 32.5 Å². The summed E-state index contributed by atoms with van der Waals surface area (Å²) in [4.78, 5) is 8.08. The van der Waals surface area contributed by atoms with E-state index in [0.29, 0.717) is 0 Å². The largest absolute Gasteiger partial charge is 0.335 e. The molecule has 1 saturated carbocycles. The van der Waals surface area contributed by atoms with Gasteiger partial charge in [0.25, 0.3) is 6.71 Å². The van der Waals surface area contributed by atoms with Gasteiger partial charge in [0.05, 0.1) is 11.2 Å². The van der Waals surface area contributed by atoms with E-state index in [1.807, 2.05) is 0 Å². The standard InChI is InChI=1S/C64H78BN3/c1-58(2,3)41-20-27-46(28-21-41)66(47-29-22-42(23-30-47)59(4,5)6)49-39-54-56-55(40-49)68-57-50(63(16)34-18-19-35-64(63,68)17)36-45(62(13,14)15)38-52(57)65(56)51-37-44(61(10,11)12)26-33-53(51)67(54)48-31-24-43(25-32-48)60(7,8)9/h20-33,36-40H,18-19,34-35H2,1-17H3. The minimum absolute atomic E-state index is 0.00941. The zero-order valence-electron chi connectivity index (χ0n) is 44.7. The van der Waals surface area contributed by atoms with E-state index in [9.17, 15) is 0 Å². The van der Waals surface area contributed by atoms with Crippen molar-refractivity contribution in [2.24, 2.45) is 0 Å². The van der Waals surface area contributed by atoms with Crippen LogP contribution in [-0.4, -0.2) is 12.3 Å². The van der Waals surface area contributed by atoms with Gasteiger partial charge in [-0.3, -0.25) is 0 Å². The number of hydrogen-bond donors (Lipinski definition) is 0. The fraction of sp³-hybridized carbons (Fsp3) is 0.438. The third kappa shape index (κ3) is 7.19. The fourth-order valence-electron chi connectivity index (χ4n) is 12.4. The highest BCUT2D eigenvalue weighted by Gasteiger charge is 2.61. The molecule has 3 heterocycles. The van der Waals surface area contributed by atoms with Crippen molar-refractivity contribution in [2.75, 3.05) is 14.7 Å². The maximum Gasteiger partial charge on any atom is 0.252 e. The number of benzene rings is 6. The van der Waals surface area contributed by atoms with Crippen LogP contribution < -0.4 is 31.1 Å². The molecule has 3 nitrogen and oxygen atoms in total. The maximum absolute atomic E-state index is 2.91. The Labute approximate surface area is 411 Å². The lowest BCUT2D eigenvalue weighted by Crippen LogP contribution is -2.64. The smallest absolute Gasteiger partial charge is 0.252 e. The van der Waals surface area contributed by atoms with Gasteiger partial charge in [0.1, 0.15) is 0 Å². The number of hydrogen-bond acceptors (Lipinski definition) is 3. The van der Waals surface area contributed by atoms with Crippen molar-refractivity contribution in [1.82, 2.24) is 0 Å². The fourth-order valence-corrected chi connectivity index (χ4v) is 12.4. The van der Waals surface area contributed by atoms with Crippen LogP contribution in [0.4, 0.5) is 45.5 Å². The van der Waals surface area contributed by atoms with Crippen molar-refractivity contribution < 1.29 is 0 Å². The summed E-state index contributed by atoms with van der Waals surface area (Å²) in [6.07, 6.45) is 4.84. The van der Waals surface area contributed by atoms with E-state index in [2.05, 4.69) is 248 Å². The van der Waals surface area contributed by atoms with Crippen LogP contribution in [0.3, 0.4) is 0 Å². The number of rotatable bonds is 4. The van der Waals surface area contributed by atoms with Crippen LogP contribution in [0.1, 0.15) is 177 Å². The van der Waals surface area contributed by atoms with E-state index < -0.39 is 0 Å². The van der Waals surface area contributed by atoms with Gasteiger partial charge in [-0.2, -0.15) is 0 Å². The summed E-state index contributed by atoms with van der Waals surface area (Å²) in [7, 11) is 0. The summed E-state index contributed by atoms with van der Waals surface area (Å²) in [6, 6.07) is 46.2. The molecule has 3 aliphatic heterocycles. The average Bonchev–Trinajstić information content (AvgIpc) is 3.47. The minimum Gasteiger partial charge on any atom is -0.335 e. The van der Waals surface area contributed by atoms with Crippen molar-refractivity contribution >= 4 is 68.6 Å². The molecule has 0 aromatic heterocycles. The Morgan fingerprint density at radius 1 is 0.441 bits per heavy atom. The molecule has 0 radical (unpaired) electrons. The first kappa shape index (κ1) is 46.5. The summed E-state index contributed by atoms with van der Waals surface area (Å²) in [5, 5.41) is 0. The summed E-state index contributed by atoms with van der Waals surface area (Å²) >= 11 is 0. The van der Waals surface area contributed by atoms with E-state index in [-0.39, 0.29) is 44.7 Å². The molecule has 4 aliphatic rings. The van der Waals surface area contributed by atoms with E-state index in [1.165, 1.54) is 109 Å². The maximum atomic E-state index is 2.91. The molecule has 0 amide bonds. The molecule has 1 aliphatic carbocycles. The molecule has 10 rings (SSSR count). The van der Waals surface area contributed by atoms with Crippen LogP contribution in [0.2, 0.25) is 0 Å². The molecule has 0 bridgehead atoms. The third-order valence-electron chi connectivity index (χ3n) is 17.0. The highest BCUT2D eigenvalue weighted by atomic mass is 15.3. The van der Waals surface area contributed by atoms with Gasteiger partial charge in [-0.15, -0.1) is 0 Å². The average molecular weight is 900 g/mol. The quantitative estimate of drug-likeness (QED) is 0.163. The first-order valence-corrected chi connectivity index (χ1v) is 25.8. The minimum atomic E-state index is -0.115. The second kappa shape index (κ2) is 15.1. The van der Waals surface area contributed by atoms with Gasteiger partial charge in [-0.25, -0.2) is 0 Å². The molecule has 4 heteroatoms. The molecular formula is C64H78BN3. The highest BCUT2D eigenvalue weighted by molar-refractivity contribution is 7.00. The SMILES string of the molecule is CC(C)(C)c1ccc(N(c2ccc(C(C)(C)C)cc2)c2cc3c4c(c2)N2c5c(cc(C(C)(C)C)cc5C5(C)CCCCC25C)B4c2cc(C(C)(C)C)ccc2N3c2ccc(C(C)(C)C)cc2)cc1. The molecular weight excluding hydrogens is 822 g/mol. The van der Waals surface area contributed by atoms with Crippen LogP contribution in [0.15, 0.2) is 115 Å². The summed E-state index contributed by atoms with van der Waals surface area (Å²) in [5.41, 5.74) is 22.8. The summed E-state index contributed by atoms with van der Waals surface area (Å²) in [5.74, 6) is 0. The molecule has 0 spiro atoms. The Kier molecular flexibility index (Phi) is 10.4. The summed E-state index contributed by atoms with van der Waals surface area (Å²) < 4.78 is 0. The molecule has 0 saturated heterocycles. The molecule has 352 valence electrons. The van der Waals surface area contributed by atoms with Gasteiger partial charge in [-0.1, -0.05) is 184 Å². The first-order chi connectivity index (χ1) is 31.6. The van der Waals surface area contributed by atoms with Gasteiger partial charge in [-0.05, 0) is 151 Å². The Hall–Kier alpha value is -5.22. The lowest BCUT2D eigenvalue weighted by atomic mass is 9.33. The van der Waals surface area contributed by atoms with Gasteiger partial charge >= 0.3 is 0 Å². The van der Waals surface area contributed by atoms with Crippen molar-refractivity contribution in [2.45, 2.75) is 181 Å². The van der Waals surface area contributed by atoms with E-state index in [0.717, 1.165) is 6.42 Å². The van der Waals surface area contributed by atoms with Gasteiger partial charge in [0.15, 0.2) is 0 Å². The van der Waals surface area contributed by atoms with E-state index in [1.54, 1.807) is 5.56 Å². The Morgan fingerprint density at radius 3 is 1.41 bits per heavy atom. The molecule has 1 fully saturated rings. The van der Waals surface area contributed by atoms with Gasteiger partial charge in [0.2, 0.25) is 0 Å². The monoisotopic (exact) mass is 900 g/mol. The Morgan fingerprint density at radius 2 is 0.897 bits per heavy atom. The predicted molar refractivity (Wildman–Crippen MR) is 297 cm³/mol. The molecule has 2 atom stereocenters. The molecule has 0 N–H and O–H groups in total. The normalized spacial score (nSPS) is 19.9. The second-order valence-corrected chi connectivity index (χ2v) is 26.8. The molecule has 2 unspecified atom stereocenters. The number of fused-ring (bicyclic) bond motifs is 7. The Bertz CT molecular complexity index is 2880.